The standard InChI is InChI=1S/C18H23F3N2O4S/c1-12(24)23-14(8-5-9-28-11-16(26)18(19,20)21)17(27)22-10-15(25)13-6-3-2-4-7-13/h2-4,6-7,14-15,25H,5,8-11H2,1H3,(H,22,27)(H,23,24)/t14-,15?/m0/s1. The Morgan fingerprint density at radius 2 is 1.82 bits per heavy atom. The lowest BCUT2D eigenvalue weighted by Gasteiger charge is -2.19. The molecule has 0 aromatic heterocycles. The van der Waals surface area contributed by atoms with Crippen LogP contribution in [0, 0.1) is 0 Å². The molecule has 28 heavy (non-hydrogen) atoms. The number of benzene rings is 1. The van der Waals surface area contributed by atoms with E-state index in [1.54, 1.807) is 30.3 Å². The number of aliphatic hydroxyl groups excluding tert-OH is 1. The summed E-state index contributed by atoms with van der Waals surface area (Å²) in [6.45, 7) is 1.20. The number of carbonyl (C=O) groups is 3. The van der Waals surface area contributed by atoms with Gasteiger partial charge in [-0.2, -0.15) is 24.9 Å². The Labute approximate surface area is 165 Å². The Hall–Kier alpha value is -2.07. The van der Waals surface area contributed by atoms with Crippen molar-refractivity contribution in [2.75, 3.05) is 18.1 Å². The van der Waals surface area contributed by atoms with Crippen LogP contribution in [0.5, 0.6) is 0 Å². The van der Waals surface area contributed by atoms with Crippen molar-refractivity contribution in [1.82, 2.24) is 10.6 Å². The highest BCUT2D eigenvalue weighted by molar-refractivity contribution is 7.99. The van der Waals surface area contributed by atoms with Gasteiger partial charge in [0.05, 0.1) is 11.9 Å². The number of thioether (sulfide) groups is 1. The maximum absolute atomic E-state index is 12.3. The van der Waals surface area contributed by atoms with Crippen molar-refractivity contribution in [3.8, 4) is 0 Å². The molecular formula is C18H23F3N2O4S. The summed E-state index contributed by atoms with van der Waals surface area (Å²) in [5.74, 6) is -3.17. The summed E-state index contributed by atoms with van der Waals surface area (Å²) < 4.78 is 36.4. The number of hydrogen-bond acceptors (Lipinski definition) is 5. The van der Waals surface area contributed by atoms with Crippen LogP contribution in [0.3, 0.4) is 0 Å². The lowest BCUT2D eigenvalue weighted by molar-refractivity contribution is -0.167. The highest BCUT2D eigenvalue weighted by atomic mass is 32.2. The number of halogens is 3. The average molecular weight is 420 g/mol. The third kappa shape index (κ3) is 9.23. The quantitative estimate of drug-likeness (QED) is 0.476. The zero-order valence-corrected chi connectivity index (χ0v) is 16.1. The predicted molar refractivity (Wildman–Crippen MR) is 99.6 cm³/mol. The van der Waals surface area contributed by atoms with E-state index in [0.29, 0.717) is 12.0 Å². The van der Waals surface area contributed by atoms with Crippen LogP contribution in [-0.2, 0) is 14.4 Å². The fourth-order valence-electron chi connectivity index (χ4n) is 2.26. The van der Waals surface area contributed by atoms with Gasteiger partial charge in [0.1, 0.15) is 6.04 Å². The minimum atomic E-state index is -4.84. The molecule has 10 heteroatoms. The topological polar surface area (TPSA) is 95.5 Å². The minimum absolute atomic E-state index is 0.0479. The first-order valence-electron chi connectivity index (χ1n) is 8.57. The molecule has 1 aromatic carbocycles. The van der Waals surface area contributed by atoms with Gasteiger partial charge in [0.25, 0.3) is 0 Å². The molecule has 0 aliphatic rings. The second-order valence-corrected chi connectivity index (χ2v) is 7.15. The van der Waals surface area contributed by atoms with E-state index in [-0.39, 0.29) is 18.7 Å². The molecule has 0 radical (unpaired) electrons. The molecule has 0 bridgehead atoms. The summed E-state index contributed by atoms with van der Waals surface area (Å²) in [6, 6.07) is 7.84. The molecule has 1 rings (SSSR count). The summed E-state index contributed by atoms with van der Waals surface area (Å²) in [7, 11) is 0. The van der Waals surface area contributed by atoms with Crippen LogP contribution >= 0.6 is 11.8 Å². The lowest BCUT2D eigenvalue weighted by Crippen LogP contribution is -2.47. The molecule has 0 fully saturated rings. The van der Waals surface area contributed by atoms with Gasteiger partial charge in [-0.15, -0.1) is 0 Å². The van der Waals surface area contributed by atoms with Crippen molar-refractivity contribution in [3.05, 3.63) is 35.9 Å². The first-order chi connectivity index (χ1) is 13.1. The van der Waals surface area contributed by atoms with E-state index in [4.69, 9.17) is 0 Å². The number of ketones is 1. The van der Waals surface area contributed by atoms with Crippen LogP contribution in [0.1, 0.15) is 31.4 Å². The number of alkyl halides is 3. The Morgan fingerprint density at radius 1 is 1.18 bits per heavy atom. The summed E-state index contributed by atoms with van der Waals surface area (Å²) in [5.41, 5.74) is 0.629. The second-order valence-electron chi connectivity index (χ2n) is 6.04. The summed E-state index contributed by atoms with van der Waals surface area (Å²) in [4.78, 5) is 34.4. The van der Waals surface area contributed by atoms with Gasteiger partial charge in [-0.05, 0) is 24.2 Å². The van der Waals surface area contributed by atoms with Crippen molar-refractivity contribution in [3.63, 3.8) is 0 Å². The van der Waals surface area contributed by atoms with E-state index in [2.05, 4.69) is 10.6 Å². The van der Waals surface area contributed by atoms with Crippen molar-refractivity contribution in [1.29, 1.82) is 0 Å². The number of nitrogens with one attached hydrogen (secondary N) is 2. The third-order valence-electron chi connectivity index (χ3n) is 3.68. The van der Waals surface area contributed by atoms with Gasteiger partial charge >= 0.3 is 6.18 Å². The number of carbonyl (C=O) groups excluding carboxylic acids is 3. The average Bonchev–Trinajstić information content (AvgIpc) is 2.64. The third-order valence-corrected chi connectivity index (χ3v) is 4.72. The Morgan fingerprint density at radius 3 is 2.39 bits per heavy atom. The fourth-order valence-corrected chi connectivity index (χ4v) is 3.13. The second kappa shape index (κ2) is 11.7. The number of Topliss-reactive ketones (excluding diaryl/α,β-unsaturated/α-hetero) is 1. The van der Waals surface area contributed by atoms with Crippen molar-refractivity contribution >= 4 is 29.4 Å². The molecule has 0 aliphatic carbocycles. The molecule has 0 heterocycles. The van der Waals surface area contributed by atoms with Gasteiger partial charge in [-0.25, -0.2) is 0 Å². The van der Waals surface area contributed by atoms with Crippen LogP contribution in [-0.4, -0.2) is 53.0 Å². The maximum Gasteiger partial charge on any atom is 0.450 e. The van der Waals surface area contributed by atoms with Gasteiger partial charge < -0.3 is 15.7 Å². The fraction of sp³-hybridized carbons (Fsp3) is 0.500. The molecule has 1 unspecified atom stereocenters. The van der Waals surface area contributed by atoms with E-state index < -0.39 is 41.7 Å². The van der Waals surface area contributed by atoms with E-state index in [1.165, 1.54) is 6.92 Å². The first kappa shape index (κ1) is 24.0. The highest BCUT2D eigenvalue weighted by Crippen LogP contribution is 2.19. The molecule has 2 atom stereocenters. The largest absolute Gasteiger partial charge is 0.450 e. The molecule has 0 saturated heterocycles. The SMILES string of the molecule is CC(=O)N[C@@H](CCCSCC(=O)C(F)(F)F)C(=O)NCC(O)c1ccccc1. The van der Waals surface area contributed by atoms with Gasteiger partial charge in [0, 0.05) is 13.5 Å². The van der Waals surface area contributed by atoms with Gasteiger partial charge in [0.2, 0.25) is 17.6 Å². The predicted octanol–water partition coefficient (Wildman–Crippen LogP) is 1.99. The molecular weight excluding hydrogens is 397 g/mol. The number of rotatable bonds is 11. The van der Waals surface area contributed by atoms with E-state index in [9.17, 15) is 32.7 Å². The van der Waals surface area contributed by atoms with Crippen LogP contribution < -0.4 is 10.6 Å². The Bertz CT molecular complexity index is 656. The van der Waals surface area contributed by atoms with Crippen LogP contribution in [0.2, 0.25) is 0 Å². The lowest BCUT2D eigenvalue weighted by atomic mass is 10.1. The van der Waals surface area contributed by atoms with E-state index in [1.807, 2.05) is 0 Å². The van der Waals surface area contributed by atoms with Gasteiger partial charge in [-0.1, -0.05) is 30.3 Å². The molecule has 156 valence electrons. The minimum Gasteiger partial charge on any atom is -0.387 e. The number of aliphatic hydroxyl groups is 1. The van der Waals surface area contributed by atoms with Crippen LogP contribution in [0.15, 0.2) is 30.3 Å². The summed E-state index contributed by atoms with van der Waals surface area (Å²) in [5, 5.41) is 15.1. The van der Waals surface area contributed by atoms with Gasteiger partial charge in [-0.3, -0.25) is 14.4 Å². The summed E-state index contributed by atoms with van der Waals surface area (Å²) in [6.07, 6.45) is -5.23. The Balaban J connectivity index is 2.43. The molecule has 0 spiro atoms. The van der Waals surface area contributed by atoms with Crippen molar-refractivity contribution in [2.24, 2.45) is 0 Å². The molecule has 1 aromatic rings. The smallest absolute Gasteiger partial charge is 0.387 e. The normalized spacial score (nSPS) is 13.5. The number of hydrogen-bond donors (Lipinski definition) is 3. The van der Waals surface area contributed by atoms with Crippen LogP contribution in [0.25, 0.3) is 0 Å². The van der Waals surface area contributed by atoms with Crippen molar-refractivity contribution < 1.29 is 32.7 Å². The highest BCUT2D eigenvalue weighted by Gasteiger charge is 2.37. The zero-order valence-electron chi connectivity index (χ0n) is 15.3. The maximum atomic E-state index is 12.3. The summed E-state index contributed by atoms with van der Waals surface area (Å²) >= 11 is 0.822. The first-order valence-corrected chi connectivity index (χ1v) is 9.72. The number of amides is 2. The molecule has 0 saturated carbocycles. The zero-order chi connectivity index (χ0) is 21.2. The van der Waals surface area contributed by atoms with E-state index in [0.717, 1.165) is 11.8 Å². The van der Waals surface area contributed by atoms with Crippen LogP contribution in [0.4, 0.5) is 13.2 Å². The molecule has 0 aliphatic heterocycles. The molecule has 2 amide bonds. The molecule has 6 nitrogen and oxygen atoms in total. The Kier molecular flexibility index (Phi) is 10.0. The van der Waals surface area contributed by atoms with E-state index >= 15 is 0 Å². The van der Waals surface area contributed by atoms with Gasteiger partial charge in [0.15, 0.2) is 0 Å². The van der Waals surface area contributed by atoms with Crippen molar-refractivity contribution in [2.45, 2.75) is 38.1 Å². The molecule has 3 N–H and O–H groups in total. The monoisotopic (exact) mass is 420 g/mol.